The van der Waals surface area contributed by atoms with Gasteiger partial charge in [-0.05, 0) is 34.7 Å². The van der Waals surface area contributed by atoms with Crippen LogP contribution in [0.15, 0.2) is 23.2 Å². The predicted octanol–water partition coefficient (Wildman–Crippen LogP) is 2.01. The number of fused-ring (bicyclic) bond motifs is 1. The van der Waals surface area contributed by atoms with Gasteiger partial charge in [0, 0.05) is 25.9 Å². The lowest BCUT2D eigenvalue weighted by atomic mass is 10.4. The molecule has 1 aliphatic carbocycles. The fourth-order valence-electron chi connectivity index (χ4n) is 1.94. The summed E-state index contributed by atoms with van der Waals surface area (Å²) in [6.07, 6.45) is 8.26. The lowest BCUT2D eigenvalue weighted by Gasteiger charge is -2.06. The number of nitrogens with one attached hydrogen (secondary N) is 1. The molecule has 2 aromatic rings. The summed E-state index contributed by atoms with van der Waals surface area (Å²) in [5.41, 5.74) is 1.99. The van der Waals surface area contributed by atoms with Gasteiger partial charge in [0.15, 0.2) is 5.65 Å². The lowest BCUT2D eigenvalue weighted by molar-refractivity contribution is 0.126. The molecule has 2 aromatic heterocycles. The van der Waals surface area contributed by atoms with Crippen molar-refractivity contribution < 1.29 is 4.74 Å². The van der Waals surface area contributed by atoms with E-state index in [0.717, 1.165) is 48.2 Å². The maximum absolute atomic E-state index is 5.58. The first kappa shape index (κ1) is 13.0. The zero-order chi connectivity index (χ0) is 13.1. The molecule has 0 saturated heterocycles. The zero-order valence-corrected chi connectivity index (χ0v) is 12.3. The quantitative estimate of drug-likeness (QED) is 0.791. The van der Waals surface area contributed by atoms with Gasteiger partial charge in [-0.1, -0.05) is 0 Å². The van der Waals surface area contributed by atoms with Crippen molar-refractivity contribution in [3.8, 4) is 0 Å². The Morgan fingerprint density at radius 1 is 1.37 bits per heavy atom. The van der Waals surface area contributed by atoms with E-state index in [1.165, 1.54) is 12.8 Å². The number of hydrogen-bond donors (Lipinski definition) is 1. The highest BCUT2D eigenvalue weighted by atomic mass is 79.9. The van der Waals surface area contributed by atoms with Gasteiger partial charge in [0.05, 0.1) is 24.7 Å². The SMILES string of the molecule is Brc1cn2c(CNCCOCC3CC3)cnc2cn1. The second-order valence-electron chi connectivity index (χ2n) is 4.88. The summed E-state index contributed by atoms with van der Waals surface area (Å²) in [5.74, 6) is 0.837. The van der Waals surface area contributed by atoms with E-state index < -0.39 is 0 Å². The number of imidazole rings is 1. The van der Waals surface area contributed by atoms with Gasteiger partial charge in [-0.15, -0.1) is 0 Å². The summed E-state index contributed by atoms with van der Waals surface area (Å²) in [6.45, 7) is 3.35. The van der Waals surface area contributed by atoms with E-state index in [1.54, 1.807) is 6.20 Å². The van der Waals surface area contributed by atoms with Crippen LogP contribution in [0.2, 0.25) is 0 Å². The molecule has 19 heavy (non-hydrogen) atoms. The van der Waals surface area contributed by atoms with Crippen LogP contribution in [-0.2, 0) is 11.3 Å². The zero-order valence-electron chi connectivity index (χ0n) is 10.7. The maximum atomic E-state index is 5.58. The third-order valence-electron chi connectivity index (χ3n) is 3.22. The van der Waals surface area contributed by atoms with Crippen LogP contribution in [-0.4, -0.2) is 34.1 Å². The van der Waals surface area contributed by atoms with Gasteiger partial charge in [0.1, 0.15) is 4.60 Å². The molecule has 102 valence electrons. The van der Waals surface area contributed by atoms with Crippen molar-refractivity contribution in [2.75, 3.05) is 19.8 Å². The van der Waals surface area contributed by atoms with Crippen LogP contribution in [0.5, 0.6) is 0 Å². The molecule has 6 heteroatoms. The molecule has 0 radical (unpaired) electrons. The molecule has 0 atom stereocenters. The predicted molar refractivity (Wildman–Crippen MR) is 75.9 cm³/mol. The van der Waals surface area contributed by atoms with Gasteiger partial charge in [-0.3, -0.25) is 4.40 Å². The topological polar surface area (TPSA) is 51.5 Å². The Labute approximate surface area is 120 Å². The van der Waals surface area contributed by atoms with Crippen LogP contribution in [0.3, 0.4) is 0 Å². The second kappa shape index (κ2) is 5.98. The fourth-order valence-corrected chi connectivity index (χ4v) is 2.25. The highest BCUT2D eigenvalue weighted by molar-refractivity contribution is 9.10. The molecule has 1 N–H and O–H groups in total. The summed E-state index contributed by atoms with van der Waals surface area (Å²) < 4.78 is 8.43. The van der Waals surface area contributed by atoms with Crippen LogP contribution in [0.4, 0.5) is 0 Å². The lowest BCUT2D eigenvalue weighted by Crippen LogP contribution is -2.20. The molecule has 3 rings (SSSR count). The Morgan fingerprint density at radius 2 is 2.26 bits per heavy atom. The first-order valence-corrected chi connectivity index (χ1v) is 7.38. The molecular formula is C13H17BrN4O. The molecular weight excluding hydrogens is 308 g/mol. The smallest absolute Gasteiger partial charge is 0.155 e. The van der Waals surface area contributed by atoms with Crippen molar-refractivity contribution in [1.82, 2.24) is 19.7 Å². The highest BCUT2D eigenvalue weighted by Gasteiger charge is 2.20. The van der Waals surface area contributed by atoms with E-state index in [0.29, 0.717) is 0 Å². The van der Waals surface area contributed by atoms with Gasteiger partial charge < -0.3 is 10.1 Å². The first-order valence-electron chi connectivity index (χ1n) is 6.59. The van der Waals surface area contributed by atoms with Crippen molar-refractivity contribution in [1.29, 1.82) is 0 Å². The molecule has 5 nitrogen and oxygen atoms in total. The van der Waals surface area contributed by atoms with Gasteiger partial charge in [-0.25, -0.2) is 9.97 Å². The van der Waals surface area contributed by atoms with Crippen molar-refractivity contribution in [3.05, 3.63) is 28.9 Å². The Kier molecular flexibility index (Phi) is 4.10. The third kappa shape index (κ3) is 3.52. The average Bonchev–Trinajstić information content (AvgIpc) is 3.15. The largest absolute Gasteiger partial charge is 0.380 e. The van der Waals surface area contributed by atoms with E-state index in [4.69, 9.17) is 4.74 Å². The summed E-state index contributed by atoms with van der Waals surface area (Å²) >= 11 is 3.37. The Morgan fingerprint density at radius 3 is 3.11 bits per heavy atom. The van der Waals surface area contributed by atoms with Gasteiger partial charge >= 0.3 is 0 Å². The minimum absolute atomic E-state index is 0.776. The van der Waals surface area contributed by atoms with E-state index in [1.807, 2.05) is 16.8 Å². The molecule has 0 aliphatic heterocycles. The number of aromatic nitrogens is 3. The summed E-state index contributed by atoms with van der Waals surface area (Å²) in [5, 5.41) is 3.37. The van der Waals surface area contributed by atoms with E-state index >= 15 is 0 Å². The number of halogens is 1. The van der Waals surface area contributed by atoms with Crippen LogP contribution < -0.4 is 5.32 Å². The molecule has 1 fully saturated rings. The molecule has 1 aliphatic rings. The number of ether oxygens (including phenoxy) is 1. The number of rotatable bonds is 7. The van der Waals surface area contributed by atoms with Crippen LogP contribution in [0, 0.1) is 5.92 Å². The van der Waals surface area contributed by atoms with Crippen molar-refractivity contribution in [3.63, 3.8) is 0 Å². The van der Waals surface area contributed by atoms with Crippen molar-refractivity contribution >= 4 is 21.6 Å². The molecule has 2 heterocycles. The van der Waals surface area contributed by atoms with Gasteiger partial charge in [0.25, 0.3) is 0 Å². The van der Waals surface area contributed by atoms with Crippen LogP contribution in [0.1, 0.15) is 18.5 Å². The summed E-state index contributed by atoms with van der Waals surface area (Å²) in [7, 11) is 0. The summed E-state index contributed by atoms with van der Waals surface area (Å²) in [6, 6.07) is 0. The van der Waals surface area contributed by atoms with Crippen molar-refractivity contribution in [2.45, 2.75) is 19.4 Å². The molecule has 1 saturated carbocycles. The van der Waals surface area contributed by atoms with Crippen LogP contribution >= 0.6 is 15.9 Å². The van der Waals surface area contributed by atoms with Crippen LogP contribution in [0.25, 0.3) is 5.65 Å². The molecule has 0 amide bonds. The molecule has 0 unspecified atom stereocenters. The molecule has 0 spiro atoms. The van der Waals surface area contributed by atoms with E-state index in [9.17, 15) is 0 Å². The fraction of sp³-hybridized carbons (Fsp3) is 0.538. The minimum atomic E-state index is 0.776. The van der Waals surface area contributed by atoms with E-state index in [-0.39, 0.29) is 0 Å². The second-order valence-corrected chi connectivity index (χ2v) is 5.70. The minimum Gasteiger partial charge on any atom is -0.380 e. The van der Waals surface area contributed by atoms with Crippen molar-refractivity contribution in [2.24, 2.45) is 5.92 Å². The number of nitrogens with zero attached hydrogens (tertiary/aromatic N) is 3. The van der Waals surface area contributed by atoms with E-state index in [2.05, 4.69) is 31.2 Å². The Hall–Kier alpha value is -0.980. The average molecular weight is 325 g/mol. The van der Waals surface area contributed by atoms with Gasteiger partial charge in [0.2, 0.25) is 0 Å². The van der Waals surface area contributed by atoms with Gasteiger partial charge in [-0.2, -0.15) is 0 Å². The Balaban J connectivity index is 1.46. The third-order valence-corrected chi connectivity index (χ3v) is 3.63. The molecule has 0 bridgehead atoms. The highest BCUT2D eigenvalue weighted by Crippen LogP contribution is 2.28. The Bertz CT molecular complexity index is 553. The monoisotopic (exact) mass is 324 g/mol. The number of hydrogen-bond acceptors (Lipinski definition) is 4. The standard InChI is InChI=1S/C13H17BrN4O/c14-12-8-18-11(6-17-13(18)7-16-12)5-15-3-4-19-9-10-1-2-10/h6-8,10,15H,1-5,9H2. The normalized spacial score (nSPS) is 15.2. The first-order chi connectivity index (χ1) is 9.33. The molecule has 0 aromatic carbocycles. The summed E-state index contributed by atoms with van der Waals surface area (Å²) in [4.78, 5) is 8.47. The maximum Gasteiger partial charge on any atom is 0.155 e.